The van der Waals surface area contributed by atoms with E-state index >= 15 is 0 Å². The Morgan fingerprint density at radius 2 is 2.12 bits per heavy atom. The van der Waals surface area contributed by atoms with Crippen LogP contribution in [-0.2, 0) is 19.0 Å². The van der Waals surface area contributed by atoms with E-state index < -0.39 is 11.5 Å². The molecular weight excluding hydrogens is 210 g/mol. The lowest BCUT2D eigenvalue weighted by molar-refractivity contribution is -0.147. The fraction of sp³-hybridized carbons (Fsp3) is 0.909. The third-order valence-electron chi connectivity index (χ3n) is 2.79. The highest BCUT2D eigenvalue weighted by molar-refractivity contribution is 5.79. The minimum Gasteiger partial charge on any atom is -0.468 e. The highest BCUT2D eigenvalue weighted by atomic mass is 16.5. The molecule has 1 fully saturated rings. The van der Waals surface area contributed by atoms with E-state index in [4.69, 9.17) is 15.2 Å². The Morgan fingerprint density at radius 1 is 1.50 bits per heavy atom. The van der Waals surface area contributed by atoms with Gasteiger partial charge in [0.05, 0.1) is 13.2 Å². The molecule has 5 nitrogen and oxygen atoms in total. The van der Waals surface area contributed by atoms with Gasteiger partial charge in [-0.3, -0.25) is 4.79 Å². The number of carbonyl (C=O) groups is 1. The van der Waals surface area contributed by atoms with Crippen molar-refractivity contribution in [3.63, 3.8) is 0 Å². The van der Waals surface area contributed by atoms with Gasteiger partial charge in [-0.1, -0.05) is 0 Å². The van der Waals surface area contributed by atoms with Crippen LogP contribution in [0, 0.1) is 0 Å². The van der Waals surface area contributed by atoms with Gasteiger partial charge in [0.2, 0.25) is 0 Å². The fourth-order valence-electron chi connectivity index (χ4n) is 1.62. The first-order chi connectivity index (χ1) is 7.56. The Kier molecular flexibility index (Phi) is 5.18. The van der Waals surface area contributed by atoms with Crippen molar-refractivity contribution in [2.75, 3.05) is 26.9 Å². The normalized spacial score (nSPS) is 21.4. The van der Waals surface area contributed by atoms with Crippen molar-refractivity contribution in [3.8, 4) is 0 Å². The Labute approximate surface area is 96.2 Å². The Balaban J connectivity index is 2.20. The molecule has 1 saturated heterocycles. The number of ether oxygens (including phenoxy) is 3. The first kappa shape index (κ1) is 13.4. The molecule has 1 heterocycles. The molecule has 0 aromatic carbocycles. The molecule has 0 aromatic rings. The average Bonchev–Trinajstić information content (AvgIpc) is 2.29. The zero-order valence-corrected chi connectivity index (χ0v) is 10.0. The topological polar surface area (TPSA) is 70.8 Å². The van der Waals surface area contributed by atoms with Gasteiger partial charge in [-0.25, -0.2) is 0 Å². The van der Waals surface area contributed by atoms with Crippen LogP contribution < -0.4 is 5.73 Å². The van der Waals surface area contributed by atoms with Crippen LogP contribution in [0.15, 0.2) is 0 Å². The van der Waals surface area contributed by atoms with Crippen LogP contribution in [0.1, 0.15) is 26.2 Å². The molecule has 0 bridgehead atoms. The summed E-state index contributed by atoms with van der Waals surface area (Å²) >= 11 is 0. The van der Waals surface area contributed by atoms with Crippen molar-refractivity contribution >= 4 is 5.97 Å². The predicted octanol–water partition coefficient (Wildman–Crippen LogP) is 0.463. The van der Waals surface area contributed by atoms with Crippen LogP contribution in [0.4, 0.5) is 0 Å². The van der Waals surface area contributed by atoms with Crippen molar-refractivity contribution in [2.45, 2.75) is 37.8 Å². The van der Waals surface area contributed by atoms with Crippen molar-refractivity contribution in [3.05, 3.63) is 0 Å². The molecule has 0 amide bonds. The summed E-state index contributed by atoms with van der Waals surface area (Å²) in [5, 5.41) is 0. The Morgan fingerprint density at radius 3 is 2.69 bits per heavy atom. The summed E-state index contributed by atoms with van der Waals surface area (Å²) in [7, 11) is 1.34. The Bertz CT molecular complexity index is 224. The molecule has 1 atom stereocenters. The fourth-order valence-corrected chi connectivity index (χ4v) is 1.62. The summed E-state index contributed by atoms with van der Waals surface area (Å²) in [6, 6.07) is 0. The largest absolute Gasteiger partial charge is 0.468 e. The number of rotatable bonds is 5. The number of methoxy groups -OCH3 is 1. The minimum atomic E-state index is -0.958. The van der Waals surface area contributed by atoms with Gasteiger partial charge in [-0.15, -0.1) is 0 Å². The lowest BCUT2D eigenvalue weighted by atomic mass is 10.0. The lowest BCUT2D eigenvalue weighted by Crippen LogP contribution is -2.46. The second kappa shape index (κ2) is 6.18. The van der Waals surface area contributed by atoms with Crippen LogP contribution in [0.5, 0.6) is 0 Å². The van der Waals surface area contributed by atoms with Gasteiger partial charge in [-0.2, -0.15) is 0 Å². The average molecular weight is 231 g/mol. The van der Waals surface area contributed by atoms with E-state index in [0.717, 1.165) is 26.1 Å². The number of carbonyl (C=O) groups excluding carboxylic acids is 1. The zero-order valence-electron chi connectivity index (χ0n) is 10.0. The van der Waals surface area contributed by atoms with Gasteiger partial charge in [0.1, 0.15) is 5.54 Å². The Hall–Kier alpha value is -0.650. The van der Waals surface area contributed by atoms with Crippen molar-refractivity contribution in [1.82, 2.24) is 0 Å². The number of hydrogen-bond acceptors (Lipinski definition) is 5. The number of esters is 1. The molecule has 0 radical (unpaired) electrons. The molecule has 2 N–H and O–H groups in total. The zero-order chi connectivity index (χ0) is 12.0. The maximum absolute atomic E-state index is 11.3. The van der Waals surface area contributed by atoms with Crippen LogP contribution in [0.25, 0.3) is 0 Å². The molecule has 0 aliphatic carbocycles. The molecule has 0 saturated carbocycles. The summed E-state index contributed by atoms with van der Waals surface area (Å²) in [5.74, 6) is -0.400. The van der Waals surface area contributed by atoms with Gasteiger partial charge in [0.25, 0.3) is 0 Å². The SMILES string of the molecule is COC(=O)C(C)(N)CCOC1CCOCC1. The third-order valence-corrected chi connectivity index (χ3v) is 2.79. The summed E-state index contributed by atoms with van der Waals surface area (Å²) in [4.78, 5) is 11.3. The maximum Gasteiger partial charge on any atom is 0.325 e. The van der Waals surface area contributed by atoms with Crippen molar-refractivity contribution in [1.29, 1.82) is 0 Å². The monoisotopic (exact) mass is 231 g/mol. The van der Waals surface area contributed by atoms with Gasteiger partial charge in [0.15, 0.2) is 0 Å². The molecular formula is C11H21NO4. The van der Waals surface area contributed by atoms with Gasteiger partial charge in [0, 0.05) is 19.8 Å². The van der Waals surface area contributed by atoms with Gasteiger partial charge >= 0.3 is 5.97 Å². The van der Waals surface area contributed by atoms with Crippen LogP contribution in [-0.4, -0.2) is 44.5 Å². The number of nitrogens with two attached hydrogens (primary N) is 1. The summed E-state index contributed by atoms with van der Waals surface area (Å²) in [6.07, 6.45) is 2.54. The second-order valence-electron chi connectivity index (χ2n) is 4.34. The van der Waals surface area contributed by atoms with Gasteiger partial charge in [-0.05, 0) is 26.2 Å². The van der Waals surface area contributed by atoms with Crippen LogP contribution >= 0.6 is 0 Å². The van der Waals surface area contributed by atoms with E-state index in [1.54, 1.807) is 6.92 Å². The first-order valence-electron chi connectivity index (χ1n) is 5.63. The van der Waals surface area contributed by atoms with E-state index in [2.05, 4.69) is 4.74 Å². The van der Waals surface area contributed by atoms with E-state index in [0.29, 0.717) is 13.0 Å². The molecule has 94 valence electrons. The predicted molar refractivity (Wildman–Crippen MR) is 59.0 cm³/mol. The first-order valence-corrected chi connectivity index (χ1v) is 5.63. The lowest BCUT2D eigenvalue weighted by Gasteiger charge is -2.25. The molecule has 5 heteroatoms. The molecule has 1 aliphatic rings. The van der Waals surface area contributed by atoms with Crippen molar-refractivity contribution in [2.24, 2.45) is 5.73 Å². The molecule has 0 aromatic heterocycles. The van der Waals surface area contributed by atoms with Crippen molar-refractivity contribution < 1.29 is 19.0 Å². The molecule has 16 heavy (non-hydrogen) atoms. The highest BCUT2D eigenvalue weighted by Gasteiger charge is 2.29. The van der Waals surface area contributed by atoms with E-state index in [1.807, 2.05) is 0 Å². The smallest absolute Gasteiger partial charge is 0.325 e. The quantitative estimate of drug-likeness (QED) is 0.696. The van der Waals surface area contributed by atoms with Crippen LogP contribution in [0.2, 0.25) is 0 Å². The van der Waals surface area contributed by atoms with E-state index in [9.17, 15) is 4.79 Å². The summed E-state index contributed by atoms with van der Waals surface area (Å²) < 4.78 is 15.5. The van der Waals surface area contributed by atoms with E-state index in [-0.39, 0.29) is 6.10 Å². The van der Waals surface area contributed by atoms with Crippen LogP contribution in [0.3, 0.4) is 0 Å². The third kappa shape index (κ3) is 4.08. The number of hydrogen-bond donors (Lipinski definition) is 1. The molecule has 1 aliphatic heterocycles. The minimum absolute atomic E-state index is 0.238. The molecule has 1 rings (SSSR count). The standard InChI is InChI=1S/C11H21NO4/c1-11(12,10(13)14-2)5-8-16-9-3-6-15-7-4-9/h9H,3-8,12H2,1-2H3. The van der Waals surface area contributed by atoms with Gasteiger partial charge < -0.3 is 19.9 Å². The maximum atomic E-state index is 11.3. The highest BCUT2D eigenvalue weighted by Crippen LogP contribution is 2.13. The molecule has 0 spiro atoms. The second-order valence-corrected chi connectivity index (χ2v) is 4.34. The van der Waals surface area contributed by atoms with E-state index in [1.165, 1.54) is 7.11 Å². The summed E-state index contributed by atoms with van der Waals surface area (Å²) in [5.41, 5.74) is 4.85. The summed E-state index contributed by atoms with van der Waals surface area (Å²) in [6.45, 7) is 3.64. The molecule has 1 unspecified atom stereocenters.